The van der Waals surface area contributed by atoms with Crippen molar-refractivity contribution in [1.29, 1.82) is 0 Å². The van der Waals surface area contributed by atoms with Crippen LogP contribution in [-0.2, 0) is 14.3 Å². The number of hydrogen-bond acceptors (Lipinski definition) is 3. The van der Waals surface area contributed by atoms with E-state index in [0.29, 0.717) is 19.7 Å². The molecule has 0 aromatic carbocycles. The maximum atomic E-state index is 12.6. The Morgan fingerprint density at radius 1 is 1.23 bits per heavy atom. The fourth-order valence-corrected chi connectivity index (χ4v) is 2.66. The predicted octanol–water partition coefficient (Wildman–Crippen LogP) is 3.70. The Hall–Kier alpha value is -1.32. The van der Waals surface area contributed by atoms with Gasteiger partial charge in [0.1, 0.15) is 0 Å². The van der Waals surface area contributed by atoms with Gasteiger partial charge < -0.3 is 9.64 Å². The van der Waals surface area contributed by atoms with Gasteiger partial charge in [0.05, 0.1) is 13.0 Å². The van der Waals surface area contributed by atoms with E-state index >= 15 is 0 Å². The number of ether oxygens (including phenoxy) is 1. The summed E-state index contributed by atoms with van der Waals surface area (Å²) in [6.45, 7) is 9.10. The third kappa shape index (κ3) is 6.63. The van der Waals surface area contributed by atoms with Crippen LogP contribution in [0.15, 0.2) is 11.6 Å². The van der Waals surface area contributed by atoms with Gasteiger partial charge in [-0.2, -0.15) is 0 Å². The first-order valence-corrected chi connectivity index (χ1v) is 8.47. The summed E-state index contributed by atoms with van der Waals surface area (Å²) in [6, 6.07) is 0. The highest BCUT2D eigenvalue weighted by Crippen LogP contribution is 2.22. The fraction of sp³-hybridized carbons (Fsp3) is 0.778. The lowest BCUT2D eigenvalue weighted by Gasteiger charge is -2.30. The minimum Gasteiger partial charge on any atom is -0.466 e. The van der Waals surface area contributed by atoms with Crippen LogP contribution in [0.3, 0.4) is 0 Å². The van der Waals surface area contributed by atoms with E-state index in [1.807, 2.05) is 25.7 Å². The Morgan fingerprint density at radius 2 is 1.95 bits per heavy atom. The zero-order chi connectivity index (χ0) is 16.6. The van der Waals surface area contributed by atoms with Crippen LogP contribution in [0.1, 0.15) is 66.2 Å². The van der Waals surface area contributed by atoms with Crippen LogP contribution in [0.5, 0.6) is 0 Å². The molecule has 0 unspecified atom stereocenters. The van der Waals surface area contributed by atoms with Crippen LogP contribution in [0, 0.1) is 5.41 Å². The molecule has 0 aromatic heterocycles. The second-order valence-electron chi connectivity index (χ2n) is 6.96. The molecule has 1 aliphatic rings. The molecule has 1 amide bonds. The number of carbonyl (C=O) groups is 2. The molecular weight excluding hydrogens is 278 g/mol. The third-order valence-corrected chi connectivity index (χ3v) is 3.91. The van der Waals surface area contributed by atoms with Crippen molar-refractivity contribution in [2.75, 3.05) is 19.7 Å². The summed E-state index contributed by atoms with van der Waals surface area (Å²) in [5, 5.41) is 0. The number of rotatable bonds is 7. The van der Waals surface area contributed by atoms with Gasteiger partial charge in [0.15, 0.2) is 0 Å². The summed E-state index contributed by atoms with van der Waals surface area (Å²) in [7, 11) is 0. The van der Waals surface area contributed by atoms with Gasteiger partial charge in [-0.05, 0) is 39.0 Å². The van der Waals surface area contributed by atoms with Gasteiger partial charge in [-0.3, -0.25) is 9.59 Å². The van der Waals surface area contributed by atoms with Gasteiger partial charge in [0.25, 0.3) is 0 Å². The topological polar surface area (TPSA) is 46.6 Å². The molecule has 0 saturated heterocycles. The molecule has 0 aromatic rings. The average Bonchev–Trinajstić information content (AvgIpc) is 2.47. The van der Waals surface area contributed by atoms with Gasteiger partial charge >= 0.3 is 5.97 Å². The average molecular weight is 309 g/mol. The van der Waals surface area contributed by atoms with E-state index < -0.39 is 5.41 Å². The van der Waals surface area contributed by atoms with Crippen LogP contribution in [0.2, 0.25) is 0 Å². The maximum absolute atomic E-state index is 12.6. The van der Waals surface area contributed by atoms with Gasteiger partial charge in [-0.1, -0.05) is 32.4 Å². The van der Waals surface area contributed by atoms with E-state index in [1.165, 1.54) is 18.4 Å². The second kappa shape index (κ2) is 8.96. The molecule has 0 heterocycles. The summed E-state index contributed by atoms with van der Waals surface area (Å²) in [4.78, 5) is 25.9. The molecule has 4 heteroatoms. The number of amides is 1. The Morgan fingerprint density at radius 3 is 2.50 bits per heavy atom. The maximum Gasteiger partial charge on any atom is 0.307 e. The minimum atomic E-state index is -0.421. The monoisotopic (exact) mass is 309 g/mol. The number of esters is 1. The fourth-order valence-electron chi connectivity index (χ4n) is 2.66. The van der Waals surface area contributed by atoms with Gasteiger partial charge in [-0.25, -0.2) is 0 Å². The van der Waals surface area contributed by atoms with Crippen molar-refractivity contribution in [3.8, 4) is 0 Å². The zero-order valence-corrected chi connectivity index (χ0v) is 14.6. The molecule has 22 heavy (non-hydrogen) atoms. The van der Waals surface area contributed by atoms with Crippen molar-refractivity contribution < 1.29 is 14.3 Å². The second-order valence-corrected chi connectivity index (χ2v) is 6.96. The summed E-state index contributed by atoms with van der Waals surface area (Å²) in [5.74, 6) is -0.126. The molecule has 0 aliphatic heterocycles. The summed E-state index contributed by atoms with van der Waals surface area (Å²) < 4.78 is 4.96. The molecule has 4 nitrogen and oxygen atoms in total. The first-order valence-electron chi connectivity index (χ1n) is 8.47. The molecular formula is C18H31NO3. The van der Waals surface area contributed by atoms with Crippen LogP contribution in [-0.4, -0.2) is 36.5 Å². The molecule has 0 N–H and O–H groups in total. The Labute approximate surface area is 134 Å². The van der Waals surface area contributed by atoms with E-state index in [9.17, 15) is 9.59 Å². The molecule has 0 fully saturated rings. The van der Waals surface area contributed by atoms with Crippen molar-refractivity contribution in [1.82, 2.24) is 4.90 Å². The smallest absolute Gasteiger partial charge is 0.307 e. The zero-order valence-electron chi connectivity index (χ0n) is 14.6. The molecule has 0 radical (unpaired) electrons. The Kier molecular flexibility index (Phi) is 7.63. The van der Waals surface area contributed by atoms with Crippen molar-refractivity contribution in [3.63, 3.8) is 0 Å². The van der Waals surface area contributed by atoms with Crippen LogP contribution in [0.25, 0.3) is 0 Å². The first kappa shape index (κ1) is 18.7. The quantitative estimate of drug-likeness (QED) is 0.532. The van der Waals surface area contributed by atoms with Gasteiger partial charge in [0.2, 0.25) is 5.91 Å². The first-order chi connectivity index (χ1) is 10.3. The minimum absolute atomic E-state index is 0.105. The number of allylic oxidation sites excluding steroid dienone is 1. The largest absolute Gasteiger partial charge is 0.466 e. The number of carbonyl (C=O) groups excluding carboxylic acids is 2. The highest BCUT2D eigenvalue weighted by atomic mass is 16.5. The number of hydrogen-bond donors (Lipinski definition) is 0. The SMILES string of the molecule is CCOC(=O)CCN(CCC1=CCCCC1)C(=O)C(C)(C)C. The molecule has 126 valence electrons. The molecule has 0 bridgehead atoms. The lowest BCUT2D eigenvalue weighted by molar-refractivity contribution is -0.145. The van der Waals surface area contributed by atoms with Crippen molar-refractivity contribution >= 4 is 11.9 Å². The van der Waals surface area contributed by atoms with E-state index in [0.717, 1.165) is 19.3 Å². The summed E-state index contributed by atoms with van der Waals surface area (Å²) in [6.07, 6.45) is 8.34. The van der Waals surface area contributed by atoms with Gasteiger partial charge in [-0.15, -0.1) is 0 Å². The van der Waals surface area contributed by atoms with Crippen molar-refractivity contribution in [3.05, 3.63) is 11.6 Å². The van der Waals surface area contributed by atoms with Crippen molar-refractivity contribution in [2.45, 2.75) is 66.2 Å². The van der Waals surface area contributed by atoms with E-state index in [-0.39, 0.29) is 18.3 Å². The normalized spacial score (nSPS) is 15.2. The van der Waals surface area contributed by atoms with E-state index in [2.05, 4.69) is 6.08 Å². The molecule has 0 spiro atoms. The van der Waals surface area contributed by atoms with Crippen LogP contribution in [0.4, 0.5) is 0 Å². The lowest BCUT2D eigenvalue weighted by atomic mass is 9.93. The van der Waals surface area contributed by atoms with E-state index in [4.69, 9.17) is 4.74 Å². The van der Waals surface area contributed by atoms with Gasteiger partial charge in [0, 0.05) is 18.5 Å². The molecule has 0 saturated carbocycles. The third-order valence-electron chi connectivity index (χ3n) is 3.91. The van der Waals surface area contributed by atoms with Crippen LogP contribution >= 0.6 is 0 Å². The lowest BCUT2D eigenvalue weighted by Crippen LogP contribution is -2.41. The summed E-state index contributed by atoms with van der Waals surface area (Å²) >= 11 is 0. The highest BCUT2D eigenvalue weighted by molar-refractivity contribution is 5.82. The van der Waals surface area contributed by atoms with Crippen LogP contribution < -0.4 is 0 Å². The summed E-state index contributed by atoms with van der Waals surface area (Å²) in [5.41, 5.74) is 1.03. The standard InChI is InChI=1S/C18H31NO3/c1-5-22-16(20)12-14-19(17(21)18(2,3)4)13-11-15-9-7-6-8-10-15/h9H,5-8,10-14H2,1-4H3. The highest BCUT2D eigenvalue weighted by Gasteiger charge is 2.27. The predicted molar refractivity (Wildman–Crippen MR) is 88.5 cm³/mol. The van der Waals surface area contributed by atoms with Crippen molar-refractivity contribution in [2.24, 2.45) is 5.41 Å². The number of nitrogens with zero attached hydrogens (tertiary/aromatic N) is 1. The Balaban J connectivity index is 2.59. The molecule has 0 atom stereocenters. The molecule has 1 rings (SSSR count). The molecule has 1 aliphatic carbocycles. The Bertz CT molecular complexity index is 407. The van der Waals surface area contributed by atoms with E-state index in [1.54, 1.807) is 6.92 Å².